The molecule has 0 spiro atoms. The molecule has 2 N–H and O–H groups in total. The van der Waals surface area contributed by atoms with Crippen molar-refractivity contribution in [2.24, 2.45) is 0 Å². The Labute approximate surface area is 115 Å². The van der Waals surface area contributed by atoms with Gasteiger partial charge in [-0.25, -0.2) is 15.1 Å². The van der Waals surface area contributed by atoms with E-state index in [0.717, 1.165) is 12.8 Å². The molecule has 0 bridgehead atoms. The van der Waals surface area contributed by atoms with E-state index in [1.54, 1.807) is 0 Å². The molecule has 0 aliphatic carbocycles. The van der Waals surface area contributed by atoms with Gasteiger partial charge in [-0.1, -0.05) is 11.3 Å². The van der Waals surface area contributed by atoms with Crippen LogP contribution in [0, 0.1) is 0 Å². The van der Waals surface area contributed by atoms with Gasteiger partial charge in [-0.05, 0) is 12.8 Å². The van der Waals surface area contributed by atoms with Crippen molar-refractivity contribution in [2.45, 2.75) is 31.7 Å². The first-order valence-electron chi connectivity index (χ1n) is 5.70. The third kappa shape index (κ3) is 4.28. The molecule has 1 aliphatic heterocycles. The Morgan fingerprint density at radius 1 is 1.40 bits per heavy atom. The molecule has 1 aromatic rings. The molecule has 1 unspecified atom stereocenters. The predicted octanol–water partition coefficient (Wildman–Crippen LogP) is 2.14. The van der Waals surface area contributed by atoms with Crippen molar-refractivity contribution in [3.63, 3.8) is 0 Å². The maximum Gasteiger partial charge on any atom is 0.445 e. The number of amides is 2. The third-order valence-corrected chi connectivity index (χ3v) is 3.19. The summed E-state index contributed by atoms with van der Waals surface area (Å²) in [6.45, 7) is 0.541. The molecule has 1 atom stereocenters. The van der Waals surface area contributed by atoms with Crippen LogP contribution < -0.4 is 10.8 Å². The lowest BCUT2D eigenvalue weighted by Gasteiger charge is -2.21. The van der Waals surface area contributed by atoms with Crippen molar-refractivity contribution in [1.29, 1.82) is 0 Å². The number of nitrogens with zero attached hydrogens (tertiary/aromatic N) is 2. The van der Waals surface area contributed by atoms with Gasteiger partial charge in [0.15, 0.2) is 6.29 Å². The van der Waals surface area contributed by atoms with E-state index in [9.17, 15) is 18.0 Å². The van der Waals surface area contributed by atoms with Crippen molar-refractivity contribution in [1.82, 2.24) is 15.7 Å². The van der Waals surface area contributed by atoms with Gasteiger partial charge in [-0.15, -0.1) is 10.2 Å². The van der Waals surface area contributed by atoms with Gasteiger partial charge in [0, 0.05) is 13.0 Å². The molecule has 112 valence electrons. The molecule has 7 nitrogen and oxygen atoms in total. The minimum absolute atomic E-state index is 0.224. The fraction of sp³-hybridized carbons (Fsp3) is 0.667. The molecule has 2 heterocycles. The molecule has 20 heavy (non-hydrogen) atoms. The van der Waals surface area contributed by atoms with E-state index >= 15 is 0 Å². The lowest BCUT2D eigenvalue weighted by Crippen LogP contribution is -2.35. The molecule has 1 saturated heterocycles. The van der Waals surface area contributed by atoms with Crippen LogP contribution in [0.15, 0.2) is 0 Å². The van der Waals surface area contributed by atoms with Gasteiger partial charge in [0.25, 0.3) is 0 Å². The smallest absolute Gasteiger partial charge is 0.350 e. The fourth-order valence-corrected chi connectivity index (χ4v) is 2.04. The van der Waals surface area contributed by atoms with Gasteiger partial charge in [-0.3, -0.25) is 5.32 Å². The quantitative estimate of drug-likeness (QED) is 0.835. The fourth-order valence-electron chi connectivity index (χ4n) is 1.43. The SMILES string of the molecule is O=C(NOC1CCCCO1)Nc1nnc(C(F)(F)F)s1. The molecule has 1 aromatic heterocycles. The van der Waals surface area contributed by atoms with Crippen LogP contribution in [0.25, 0.3) is 0 Å². The lowest BCUT2D eigenvalue weighted by atomic mass is 10.2. The molecule has 0 aromatic carbocycles. The van der Waals surface area contributed by atoms with Crippen molar-refractivity contribution in [3.8, 4) is 0 Å². The van der Waals surface area contributed by atoms with Crippen LogP contribution in [0.4, 0.5) is 23.1 Å². The van der Waals surface area contributed by atoms with Crippen molar-refractivity contribution >= 4 is 22.5 Å². The largest absolute Gasteiger partial charge is 0.445 e. The van der Waals surface area contributed by atoms with E-state index in [4.69, 9.17) is 9.57 Å². The number of hydrogen-bond donors (Lipinski definition) is 2. The number of nitrogens with one attached hydrogen (secondary N) is 2. The molecule has 0 radical (unpaired) electrons. The van der Waals surface area contributed by atoms with Crippen LogP contribution in [-0.2, 0) is 15.8 Å². The summed E-state index contributed by atoms with van der Waals surface area (Å²) in [5.74, 6) is 0. The molecular formula is C9H11F3N4O3S. The number of rotatable bonds is 3. The summed E-state index contributed by atoms with van der Waals surface area (Å²) in [7, 11) is 0. The maximum absolute atomic E-state index is 12.3. The zero-order valence-corrected chi connectivity index (χ0v) is 10.9. The van der Waals surface area contributed by atoms with E-state index in [1.165, 1.54) is 0 Å². The number of halogens is 3. The molecule has 2 rings (SSSR count). The Bertz CT molecular complexity index is 462. The summed E-state index contributed by atoms with van der Waals surface area (Å²) < 4.78 is 42.0. The van der Waals surface area contributed by atoms with E-state index in [0.29, 0.717) is 13.0 Å². The molecule has 2 amide bonds. The predicted molar refractivity (Wildman–Crippen MR) is 61.7 cm³/mol. The monoisotopic (exact) mass is 312 g/mol. The number of urea groups is 1. The first kappa shape index (κ1) is 14.9. The Morgan fingerprint density at radius 3 is 2.80 bits per heavy atom. The van der Waals surface area contributed by atoms with Gasteiger partial charge in [0.05, 0.1) is 0 Å². The van der Waals surface area contributed by atoms with E-state index in [2.05, 4.69) is 15.5 Å². The summed E-state index contributed by atoms with van der Waals surface area (Å²) >= 11 is 0.224. The molecule has 1 fully saturated rings. The topological polar surface area (TPSA) is 85.4 Å². The molecular weight excluding hydrogens is 301 g/mol. The van der Waals surface area contributed by atoms with Gasteiger partial charge in [-0.2, -0.15) is 13.2 Å². The Hall–Kier alpha value is -1.46. The lowest BCUT2D eigenvalue weighted by molar-refractivity contribution is -0.185. The standard InChI is InChI=1S/C9H11F3N4O3S/c10-9(11,12)6-14-15-8(20-6)13-7(17)16-19-5-3-1-2-4-18-5/h5H,1-4H2,(H2,13,15,16,17). The number of carbonyl (C=O) groups is 1. The summed E-state index contributed by atoms with van der Waals surface area (Å²) in [6, 6.07) is -0.843. The third-order valence-electron chi connectivity index (χ3n) is 2.31. The average molecular weight is 312 g/mol. The van der Waals surface area contributed by atoms with Crippen LogP contribution in [0.2, 0.25) is 0 Å². The van der Waals surface area contributed by atoms with Crippen molar-refractivity contribution in [2.75, 3.05) is 11.9 Å². The average Bonchev–Trinajstić information content (AvgIpc) is 2.86. The van der Waals surface area contributed by atoms with Crippen molar-refractivity contribution in [3.05, 3.63) is 5.01 Å². The van der Waals surface area contributed by atoms with E-state index in [-0.39, 0.29) is 16.5 Å². The van der Waals surface area contributed by atoms with Crippen molar-refractivity contribution < 1.29 is 27.5 Å². The van der Waals surface area contributed by atoms with Gasteiger partial charge in [0.1, 0.15) is 0 Å². The minimum atomic E-state index is -4.58. The maximum atomic E-state index is 12.3. The minimum Gasteiger partial charge on any atom is -0.350 e. The highest BCUT2D eigenvalue weighted by Crippen LogP contribution is 2.32. The van der Waals surface area contributed by atoms with Gasteiger partial charge < -0.3 is 4.74 Å². The van der Waals surface area contributed by atoms with Crippen LogP contribution in [-0.4, -0.2) is 29.1 Å². The first-order chi connectivity index (χ1) is 9.45. The Morgan fingerprint density at radius 2 is 2.20 bits per heavy atom. The summed E-state index contributed by atoms with van der Waals surface area (Å²) in [6.07, 6.45) is -2.65. The van der Waals surface area contributed by atoms with Gasteiger partial charge >= 0.3 is 12.2 Å². The number of carbonyl (C=O) groups excluding carboxylic acids is 1. The number of ether oxygens (including phenoxy) is 1. The summed E-state index contributed by atoms with van der Waals surface area (Å²) in [4.78, 5) is 16.3. The normalized spacial score (nSPS) is 19.6. The highest BCUT2D eigenvalue weighted by molar-refractivity contribution is 7.15. The Kier molecular flexibility index (Phi) is 4.73. The molecule has 1 aliphatic rings. The van der Waals surface area contributed by atoms with Crippen LogP contribution >= 0.6 is 11.3 Å². The number of hydroxylamine groups is 1. The second-order valence-electron chi connectivity index (χ2n) is 3.88. The number of anilines is 1. The summed E-state index contributed by atoms with van der Waals surface area (Å²) in [5.41, 5.74) is 2.03. The van der Waals surface area contributed by atoms with E-state index < -0.39 is 23.5 Å². The van der Waals surface area contributed by atoms with Crippen LogP contribution in [0.3, 0.4) is 0 Å². The molecule has 11 heteroatoms. The summed E-state index contributed by atoms with van der Waals surface area (Å²) in [5, 5.41) is 6.81. The highest BCUT2D eigenvalue weighted by Gasteiger charge is 2.35. The van der Waals surface area contributed by atoms with Crippen LogP contribution in [0.5, 0.6) is 0 Å². The van der Waals surface area contributed by atoms with Crippen LogP contribution in [0.1, 0.15) is 24.3 Å². The molecule has 0 saturated carbocycles. The zero-order valence-electron chi connectivity index (χ0n) is 10.1. The zero-order chi connectivity index (χ0) is 14.6. The number of aromatic nitrogens is 2. The number of hydrogen-bond acceptors (Lipinski definition) is 6. The second-order valence-corrected chi connectivity index (χ2v) is 4.86. The Balaban J connectivity index is 1.77. The van der Waals surface area contributed by atoms with E-state index in [1.807, 2.05) is 5.48 Å². The second kappa shape index (κ2) is 6.33. The van der Waals surface area contributed by atoms with Gasteiger partial charge in [0.2, 0.25) is 10.1 Å². The number of alkyl halides is 3. The first-order valence-corrected chi connectivity index (χ1v) is 6.52. The highest BCUT2D eigenvalue weighted by atomic mass is 32.1.